The molecule has 0 amide bonds. The molecule has 0 aromatic rings. The second-order valence-electron chi connectivity index (χ2n) is 2.10. The van der Waals surface area contributed by atoms with E-state index in [1.807, 2.05) is 6.92 Å². The second-order valence-corrected chi connectivity index (χ2v) is 2.10. The quantitative estimate of drug-likeness (QED) is 0.394. The Labute approximate surface area is 61.6 Å². The molecule has 4 nitrogen and oxygen atoms in total. The molecule has 0 rings (SSSR count). The van der Waals surface area contributed by atoms with Crippen LogP contribution in [0, 0.1) is 0 Å². The standard InChI is InChI=1S/C6H16N2O2/c1-6(5-7)8-10-4-3-9-2/h6,8H,3-5,7H2,1-2H3. The molecule has 0 aliphatic carbocycles. The van der Waals surface area contributed by atoms with Crippen molar-refractivity contribution in [1.29, 1.82) is 0 Å². The second kappa shape index (κ2) is 6.95. The highest BCUT2D eigenvalue weighted by atomic mass is 16.7. The molecular formula is C6H16N2O2. The lowest BCUT2D eigenvalue weighted by atomic mass is 10.4. The van der Waals surface area contributed by atoms with E-state index in [-0.39, 0.29) is 6.04 Å². The predicted octanol–water partition coefficient (Wildman–Crippen LogP) is -0.499. The van der Waals surface area contributed by atoms with Crippen molar-refractivity contribution >= 4 is 0 Å². The van der Waals surface area contributed by atoms with E-state index in [2.05, 4.69) is 5.48 Å². The average molecular weight is 148 g/mol. The van der Waals surface area contributed by atoms with Crippen LogP contribution in [-0.2, 0) is 9.57 Å². The highest BCUT2D eigenvalue weighted by Crippen LogP contribution is 1.76. The van der Waals surface area contributed by atoms with Crippen LogP contribution in [0.2, 0.25) is 0 Å². The van der Waals surface area contributed by atoms with Gasteiger partial charge >= 0.3 is 0 Å². The smallest absolute Gasteiger partial charge is 0.0916 e. The van der Waals surface area contributed by atoms with Crippen LogP contribution < -0.4 is 11.2 Å². The summed E-state index contributed by atoms with van der Waals surface area (Å²) < 4.78 is 4.76. The van der Waals surface area contributed by atoms with Crippen LogP contribution >= 0.6 is 0 Å². The first-order valence-corrected chi connectivity index (χ1v) is 3.37. The molecule has 0 fully saturated rings. The van der Waals surface area contributed by atoms with Gasteiger partial charge in [0, 0.05) is 19.7 Å². The fraction of sp³-hybridized carbons (Fsp3) is 1.00. The average Bonchev–Trinajstić information content (AvgIpc) is 1.98. The van der Waals surface area contributed by atoms with Gasteiger partial charge in [0.1, 0.15) is 0 Å². The molecule has 0 heterocycles. The van der Waals surface area contributed by atoms with Gasteiger partial charge in [-0.15, -0.1) is 0 Å². The molecule has 0 aliphatic heterocycles. The molecule has 0 saturated carbocycles. The van der Waals surface area contributed by atoms with Gasteiger partial charge in [-0.05, 0) is 6.92 Å². The van der Waals surface area contributed by atoms with Gasteiger partial charge in [0.25, 0.3) is 0 Å². The molecule has 3 N–H and O–H groups in total. The van der Waals surface area contributed by atoms with Gasteiger partial charge in [-0.3, -0.25) is 4.84 Å². The van der Waals surface area contributed by atoms with Crippen LogP contribution in [0.15, 0.2) is 0 Å². The molecule has 0 spiro atoms. The minimum atomic E-state index is 0.205. The van der Waals surface area contributed by atoms with Gasteiger partial charge in [-0.2, -0.15) is 5.48 Å². The molecule has 10 heavy (non-hydrogen) atoms. The van der Waals surface area contributed by atoms with E-state index >= 15 is 0 Å². The van der Waals surface area contributed by atoms with Gasteiger partial charge in [0.05, 0.1) is 13.2 Å². The summed E-state index contributed by atoms with van der Waals surface area (Å²) >= 11 is 0. The number of rotatable bonds is 6. The van der Waals surface area contributed by atoms with Crippen LogP contribution in [0.1, 0.15) is 6.92 Å². The zero-order valence-corrected chi connectivity index (χ0v) is 6.59. The van der Waals surface area contributed by atoms with Gasteiger partial charge in [0.2, 0.25) is 0 Å². The lowest BCUT2D eigenvalue weighted by molar-refractivity contribution is -0.00723. The summed E-state index contributed by atoms with van der Waals surface area (Å²) in [6.07, 6.45) is 0. The van der Waals surface area contributed by atoms with Crippen LogP contribution in [0.4, 0.5) is 0 Å². The summed E-state index contributed by atoms with van der Waals surface area (Å²) in [6, 6.07) is 0.205. The molecule has 4 heteroatoms. The van der Waals surface area contributed by atoms with Crippen molar-refractivity contribution in [2.45, 2.75) is 13.0 Å². The Kier molecular flexibility index (Phi) is 6.84. The number of hydrogen-bond acceptors (Lipinski definition) is 4. The van der Waals surface area contributed by atoms with Crippen molar-refractivity contribution in [2.75, 3.05) is 26.9 Å². The Morgan fingerprint density at radius 1 is 1.50 bits per heavy atom. The third kappa shape index (κ3) is 5.97. The molecule has 0 radical (unpaired) electrons. The lowest BCUT2D eigenvalue weighted by Gasteiger charge is -2.10. The Morgan fingerprint density at radius 2 is 2.20 bits per heavy atom. The first kappa shape index (κ1) is 9.84. The van der Waals surface area contributed by atoms with Crippen molar-refractivity contribution in [3.63, 3.8) is 0 Å². The monoisotopic (exact) mass is 148 g/mol. The molecular weight excluding hydrogens is 132 g/mol. The van der Waals surface area contributed by atoms with Crippen molar-refractivity contribution < 1.29 is 9.57 Å². The highest BCUT2D eigenvalue weighted by Gasteiger charge is 1.95. The highest BCUT2D eigenvalue weighted by molar-refractivity contribution is 4.51. The summed E-state index contributed by atoms with van der Waals surface area (Å²) in [5, 5.41) is 0. The van der Waals surface area contributed by atoms with Gasteiger partial charge in [-0.25, -0.2) is 0 Å². The summed E-state index contributed by atoms with van der Waals surface area (Å²) in [7, 11) is 1.63. The zero-order valence-electron chi connectivity index (χ0n) is 6.59. The zero-order chi connectivity index (χ0) is 7.82. The van der Waals surface area contributed by atoms with E-state index in [1.54, 1.807) is 7.11 Å². The van der Waals surface area contributed by atoms with Crippen molar-refractivity contribution in [3.8, 4) is 0 Å². The number of nitrogens with one attached hydrogen (secondary N) is 1. The molecule has 62 valence electrons. The summed E-state index contributed by atoms with van der Waals surface area (Å²) in [6.45, 7) is 3.69. The number of ether oxygens (including phenoxy) is 1. The molecule has 0 aromatic carbocycles. The Bertz CT molecular complexity index is 70.8. The van der Waals surface area contributed by atoms with E-state index in [0.717, 1.165) is 0 Å². The van der Waals surface area contributed by atoms with E-state index in [9.17, 15) is 0 Å². The van der Waals surface area contributed by atoms with Crippen LogP contribution in [0.25, 0.3) is 0 Å². The van der Waals surface area contributed by atoms with Crippen molar-refractivity contribution in [3.05, 3.63) is 0 Å². The van der Waals surface area contributed by atoms with Crippen LogP contribution in [0.3, 0.4) is 0 Å². The SMILES string of the molecule is COCCONC(C)CN. The Morgan fingerprint density at radius 3 is 2.70 bits per heavy atom. The molecule has 1 atom stereocenters. The largest absolute Gasteiger partial charge is 0.382 e. The van der Waals surface area contributed by atoms with Crippen molar-refractivity contribution in [1.82, 2.24) is 5.48 Å². The topological polar surface area (TPSA) is 56.5 Å². The van der Waals surface area contributed by atoms with E-state index < -0.39 is 0 Å². The number of hydrogen-bond donors (Lipinski definition) is 2. The minimum absolute atomic E-state index is 0.205. The van der Waals surface area contributed by atoms with Gasteiger partial charge in [-0.1, -0.05) is 0 Å². The van der Waals surface area contributed by atoms with Gasteiger partial charge < -0.3 is 10.5 Å². The van der Waals surface area contributed by atoms with Gasteiger partial charge in [0.15, 0.2) is 0 Å². The fourth-order valence-electron chi connectivity index (χ4n) is 0.374. The number of methoxy groups -OCH3 is 1. The molecule has 0 saturated heterocycles. The maximum Gasteiger partial charge on any atom is 0.0916 e. The third-order valence-corrected chi connectivity index (χ3v) is 1.03. The van der Waals surface area contributed by atoms with E-state index in [4.69, 9.17) is 15.3 Å². The first-order valence-electron chi connectivity index (χ1n) is 3.37. The summed E-state index contributed by atoms with van der Waals surface area (Å²) in [5.41, 5.74) is 8.08. The maximum atomic E-state index is 5.31. The summed E-state index contributed by atoms with van der Waals surface area (Å²) in [5.74, 6) is 0. The Hall–Kier alpha value is -0.160. The molecule has 0 bridgehead atoms. The van der Waals surface area contributed by atoms with E-state index in [1.165, 1.54) is 0 Å². The fourth-order valence-corrected chi connectivity index (χ4v) is 0.374. The van der Waals surface area contributed by atoms with E-state index in [0.29, 0.717) is 19.8 Å². The minimum Gasteiger partial charge on any atom is -0.382 e. The van der Waals surface area contributed by atoms with Crippen molar-refractivity contribution in [2.24, 2.45) is 5.73 Å². The first-order chi connectivity index (χ1) is 4.81. The molecule has 0 aliphatic rings. The molecule has 0 aromatic heterocycles. The number of nitrogens with two attached hydrogens (primary N) is 1. The summed E-state index contributed by atoms with van der Waals surface area (Å²) in [4.78, 5) is 4.97. The normalized spacial score (nSPS) is 13.5. The van der Waals surface area contributed by atoms with Crippen LogP contribution in [0.5, 0.6) is 0 Å². The lowest BCUT2D eigenvalue weighted by Crippen LogP contribution is -2.33. The maximum absolute atomic E-state index is 5.31. The number of hydroxylamine groups is 1. The Balaban J connectivity index is 2.89. The predicted molar refractivity (Wildman–Crippen MR) is 39.5 cm³/mol. The van der Waals surface area contributed by atoms with Crippen LogP contribution in [-0.4, -0.2) is 32.9 Å². The third-order valence-electron chi connectivity index (χ3n) is 1.03. The molecule has 1 unspecified atom stereocenters.